The second-order valence-corrected chi connectivity index (χ2v) is 10.0. The summed E-state index contributed by atoms with van der Waals surface area (Å²) in [4.78, 5) is 12.4. The topological polar surface area (TPSA) is 68.0 Å². The number of aromatic nitrogens is 2. The number of amides is 1. The Labute approximate surface area is 172 Å². The van der Waals surface area contributed by atoms with Crippen LogP contribution in [0, 0.1) is 5.92 Å². The van der Waals surface area contributed by atoms with E-state index in [4.69, 9.17) is 4.42 Å². The van der Waals surface area contributed by atoms with E-state index in [9.17, 15) is 4.79 Å². The zero-order valence-electron chi connectivity index (χ0n) is 17.3. The molecule has 152 valence electrons. The van der Waals surface area contributed by atoms with Crippen LogP contribution in [-0.4, -0.2) is 27.9 Å². The van der Waals surface area contributed by atoms with Crippen LogP contribution < -0.4 is 5.32 Å². The van der Waals surface area contributed by atoms with Crippen molar-refractivity contribution in [2.24, 2.45) is 5.92 Å². The highest BCUT2D eigenvalue weighted by molar-refractivity contribution is 8.00. The van der Waals surface area contributed by atoms with Gasteiger partial charge in [0.15, 0.2) is 0 Å². The molecule has 1 aliphatic carbocycles. The first kappa shape index (κ1) is 20.9. The smallest absolute Gasteiger partial charge is 0.277 e. The van der Waals surface area contributed by atoms with Crippen molar-refractivity contribution < 1.29 is 9.21 Å². The third-order valence-corrected chi connectivity index (χ3v) is 6.28. The predicted molar refractivity (Wildman–Crippen MR) is 113 cm³/mol. The third kappa shape index (κ3) is 5.60. The van der Waals surface area contributed by atoms with Crippen molar-refractivity contribution in [3.05, 3.63) is 29.8 Å². The maximum Gasteiger partial charge on any atom is 0.277 e. The molecular weight excluding hydrogens is 370 g/mol. The number of rotatable bonds is 6. The minimum absolute atomic E-state index is 0.0323. The molecule has 1 aromatic carbocycles. The van der Waals surface area contributed by atoms with Crippen molar-refractivity contribution in [2.45, 2.75) is 75.7 Å². The number of thioether (sulfide) groups is 1. The second kappa shape index (κ2) is 9.12. The van der Waals surface area contributed by atoms with Crippen LogP contribution in [0.15, 0.2) is 33.9 Å². The fourth-order valence-electron chi connectivity index (χ4n) is 3.47. The van der Waals surface area contributed by atoms with E-state index in [1.54, 1.807) is 0 Å². The van der Waals surface area contributed by atoms with E-state index in [0.29, 0.717) is 17.0 Å². The van der Waals surface area contributed by atoms with Gasteiger partial charge in [-0.25, -0.2) is 0 Å². The first-order chi connectivity index (χ1) is 13.3. The number of hydrogen-bond donors (Lipinski definition) is 1. The molecule has 0 saturated heterocycles. The summed E-state index contributed by atoms with van der Waals surface area (Å²) in [6.07, 6.45) is 6.35. The molecule has 1 fully saturated rings. The Morgan fingerprint density at radius 2 is 1.86 bits per heavy atom. The first-order valence-corrected chi connectivity index (χ1v) is 11.1. The van der Waals surface area contributed by atoms with Gasteiger partial charge in [0.25, 0.3) is 5.22 Å². The van der Waals surface area contributed by atoms with Gasteiger partial charge >= 0.3 is 0 Å². The Morgan fingerprint density at radius 1 is 1.18 bits per heavy atom. The largest absolute Gasteiger partial charge is 0.411 e. The summed E-state index contributed by atoms with van der Waals surface area (Å²) in [6, 6.07) is 8.19. The zero-order valence-corrected chi connectivity index (χ0v) is 18.1. The van der Waals surface area contributed by atoms with Crippen LogP contribution in [0.3, 0.4) is 0 Å². The van der Waals surface area contributed by atoms with Gasteiger partial charge in [-0.2, -0.15) is 0 Å². The van der Waals surface area contributed by atoms with Crippen molar-refractivity contribution in [3.63, 3.8) is 0 Å². The molecule has 5 nitrogen and oxygen atoms in total. The predicted octanol–water partition coefficient (Wildman–Crippen LogP) is 5.21. The van der Waals surface area contributed by atoms with Gasteiger partial charge in [-0.3, -0.25) is 4.79 Å². The van der Waals surface area contributed by atoms with Gasteiger partial charge in [0, 0.05) is 12.1 Å². The van der Waals surface area contributed by atoms with Crippen LogP contribution in [0.25, 0.3) is 11.5 Å². The van der Waals surface area contributed by atoms with E-state index < -0.39 is 0 Å². The van der Waals surface area contributed by atoms with E-state index in [1.165, 1.54) is 49.4 Å². The molecule has 1 saturated carbocycles. The Hall–Kier alpha value is -1.82. The minimum Gasteiger partial charge on any atom is -0.411 e. The van der Waals surface area contributed by atoms with Crippen molar-refractivity contribution in [1.29, 1.82) is 0 Å². The van der Waals surface area contributed by atoms with Gasteiger partial charge in [-0.15, -0.1) is 10.2 Å². The minimum atomic E-state index is -0.264. The summed E-state index contributed by atoms with van der Waals surface area (Å²) in [5, 5.41) is 11.5. The SMILES string of the molecule is C[C@@H](Sc1nnc(-c2ccc(C(C)(C)C)cc2)o1)C(=O)NCC1CCCCC1. The van der Waals surface area contributed by atoms with Gasteiger partial charge in [-0.1, -0.05) is 63.9 Å². The molecule has 0 bridgehead atoms. The second-order valence-electron chi connectivity index (χ2n) is 8.71. The van der Waals surface area contributed by atoms with E-state index in [0.717, 1.165) is 12.1 Å². The van der Waals surface area contributed by atoms with Crippen LogP contribution in [0.5, 0.6) is 0 Å². The van der Waals surface area contributed by atoms with Crippen LogP contribution in [0.4, 0.5) is 0 Å². The monoisotopic (exact) mass is 401 g/mol. The molecule has 2 aromatic rings. The average Bonchev–Trinajstić information content (AvgIpc) is 3.14. The quantitative estimate of drug-likeness (QED) is 0.673. The molecule has 1 atom stereocenters. The highest BCUT2D eigenvalue weighted by Gasteiger charge is 2.21. The lowest BCUT2D eigenvalue weighted by Crippen LogP contribution is -2.35. The highest BCUT2D eigenvalue weighted by atomic mass is 32.2. The number of carbonyl (C=O) groups is 1. The molecule has 0 aliphatic heterocycles. The number of nitrogens with one attached hydrogen (secondary N) is 1. The molecule has 0 spiro atoms. The lowest BCUT2D eigenvalue weighted by Gasteiger charge is -2.22. The summed E-state index contributed by atoms with van der Waals surface area (Å²) in [6.45, 7) is 9.21. The molecular formula is C22H31N3O2S. The Balaban J connectivity index is 1.54. The summed E-state index contributed by atoms with van der Waals surface area (Å²) in [7, 11) is 0. The van der Waals surface area contributed by atoms with E-state index in [1.807, 2.05) is 19.1 Å². The molecule has 1 N–H and O–H groups in total. The normalized spacial score (nSPS) is 16.7. The average molecular weight is 402 g/mol. The van der Waals surface area contributed by atoms with Crippen LogP contribution in [0.1, 0.15) is 65.4 Å². The van der Waals surface area contributed by atoms with Crippen LogP contribution >= 0.6 is 11.8 Å². The lowest BCUT2D eigenvalue weighted by atomic mass is 9.87. The molecule has 1 aliphatic rings. The maximum atomic E-state index is 12.4. The Kier molecular flexibility index (Phi) is 6.81. The van der Waals surface area contributed by atoms with Gasteiger partial charge in [0.1, 0.15) is 0 Å². The zero-order chi connectivity index (χ0) is 20.1. The van der Waals surface area contributed by atoms with Crippen molar-refractivity contribution >= 4 is 17.7 Å². The summed E-state index contributed by atoms with van der Waals surface area (Å²) in [5.41, 5.74) is 2.25. The highest BCUT2D eigenvalue weighted by Crippen LogP contribution is 2.29. The molecule has 6 heteroatoms. The molecule has 0 unspecified atom stereocenters. The summed E-state index contributed by atoms with van der Waals surface area (Å²) < 4.78 is 5.77. The van der Waals surface area contributed by atoms with Crippen molar-refractivity contribution in [2.75, 3.05) is 6.54 Å². The number of nitrogens with zero attached hydrogens (tertiary/aromatic N) is 2. The first-order valence-electron chi connectivity index (χ1n) is 10.2. The summed E-state index contributed by atoms with van der Waals surface area (Å²) in [5.74, 6) is 1.14. The standard InChI is InChI=1S/C22H31N3O2S/c1-15(19(26)23-14-16-8-6-5-7-9-16)28-21-25-24-20(27-21)17-10-12-18(13-11-17)22(2,3)4/h10-13,15-16H,5-9,14H2,1-4H3,(H,23,26)/t15-/m1/s1. The Morgan fingerprint density at radius 3 is 2.50 bits per heavy atom. The molecule has 3 rings (SSSR count). The number of benzene rings is 1. The molecule has 1 heterocycles. The van der Waals surface area contributed by atoms with Crippen molar-refractivity contribution in [3.8, 4) is 11.5 Å². The van der Waals surface area contributed by atoms with Crippen molar-refractivity contribution in [1.82, 2.24) is 15.5 Å². The van der Waals surface area contributed by atoms with E-state index >= 15 is 0 Å². The fraction of sp³-hybridized carbons (Fsp3) is 0.591. The van der Waals surface area contributed by atoms with Gasteiger partial charge in [-0.05, 0) is 48.8 Å². The lowest BCUT2D eigenvalue weighted by molar-refractivity contribution is -0.120. The third-order valence-electron chi connectivity index (χ3n) is 5.34. The fourth-order valence-corrected chi connectivity index (χ4v) is 4.18. The van der Waals surface area contributed by atoms with Crippen LogP contribution in [0.2, 0.25) is 0 Å². The van der Waals surface area contributed by atoms with Gasteiger partial charge < -0.3 is 9.73 Å². The van der Waals surface area contributed by atoms with Gasteiger partial charge in [0.05, 0.1) is 5.25 Å². The molecule has 1 amide bonds. The molecule has 1 aromatic heterocycles. The Bertz CT molecular complexity index is 774. The molecule has 0 radical (unpaired) electrons. The van der Waals surface area contributed by atoms with E-state index in [-0.39, 0.29) is 16.6 Å². The number of hydrogen-bond acceptors (Lipinski definition) is 5. The maximum absolute atomic E-state index is 12.4. The van der Waals surface area contributed by atoms with Gasteiger partial charge in [0.2, 0.25) is 11.8 Å². The van der Waals surface area contributed by atoms with E-state index in [2.05, 4.69) is 48.4 Å². The number of carbonyl (C=O) groups excluding carboxylic acids is 1. The summed E-state index contributed by atoms with van der Waals surface area (Å²) >= 11 is 1.31. The molecule has 28 heavy (non-hydrogen) atoms. The van der Waals surface area contributed by atoms with Crippen LogP contribution in [-0.2, 0) is 10.2 Å².